The van der Waals surface area contributed by atoms with Crippen molar-refractivity contribution in [1.29, 1.82) is 0 Å². The molecule has 1 fully saturated rings. The molecule has 0 atom stereocenters. The van der Waals surface area contributed by atoms with Crippen molar-refractivity contribution in [2.75, 3.05) is 31.1 Å². The van der Waals surface area contributed by atoms with Gasteiger partial charge in [-0.2, -0.15) is 0 Å². The Hall–Kier alpha value is -2.63. The molecule has 0 spiro atoms. The van der Waals surface area contributed by atoms with Crippen molar-refractivity contribution in [1.82, 2.24) is 10.4 Å². The maximum Gasteiger partial charge on any atom is 0.267 e. The van der Waals surface area contributed by atoms with E-state index in [2.05, 4.69) is 54.0 Å². The summed E-state index contributed by atoms with van der Waals surface area (Å²) < 4.78 is 0. The molecule has 1 heterocycles. The number of nitrogens with one attached hydrogen (secondary N) is 1. The molecule has 0 unspecified atom stereocenters. The Morgan fingerprint density at radius 2 is 1.75 bits per heavy atom. The number of piperazine rings is 1. The van der Waals surface area contributed by atoms with Gasteiger partial charge in [0.1, 0.15) is 0 Å². The normalized spacial score (nSPS) is 15.4. The van der Waals surface area contributed by atoms with Gasteiger partial charge >= 0.3 is 0 Å². The molecule has 2 aromatic rings. The SMILES string of the molecule is CC(C)c1ccc(CN2CCN(c3ccccc3/C=C/C(=O)NO)CC2)cc1. The van der Waals surface area contributed by atoms with E-state index in [-0.39, 0.29) is 0 Å². The Morgan fingerprint density at radius 3 is 2.39 bits per heavy atom. The highest BCUT2D eigenvalue weighted by molar-refractivity contribution is 5.91. The lowest BCUT2D eigenvalue weighted by Crippen LogP contribution is -2.46. The number of hydroxylamine groups is 1. The first-order valence-corrected chi connectivity index (χ1v) is 9.84. The highest BCUT2D eigenvalue weighted by Crippen LogP contribution is 2.24. The molecule has 28 heavy (non-hydrogen) atoms. The maximum atomic E-state index is 11.3. The third-order valence-corrected chi connectivity index (χ3v) is 5.23. The minimum atomic E-state index is -0.525. The van der Waals surface area contributed by atoms with E-state index in [4.69, 9.17) is 5.21 Å². The average Bonchev–Trinajstić information content (AvgIpc) is 2.73. The minimum absolute atomic E-state index is 0.525. The first kappa shape index (κ1) is 20.1. The average molecular weight is 380 g/mol. The van der Waals surface area contributed by atoms with Crippen LogP contribution >= 0.6 is 0 Å². The van der Waals surface area contributed by atoms with Gasteiger partial charge in [-0.1, -0.05) is 56.3 Å². The first-order valence-electron chi connectivity index (χ1n) is 9.84. The summed E-state index contributed by atoms with van der Waals surface area (Å²) in [5.74, 6) is 0.0401. The van der Waals surface area contributed by atoms with Crippen LogP contribution in [0, 0.1) is 0 Å². The second-order valence-electron chi connectivity index (χ2n) is 7.53. The van der Waals surface area contributed by atoms with E-state index in [0.29, 0.717) is 5.92 Å². The fraction of sp³-hybridized carbons (Fsp3) is 0.348. The van der Waals surface area contributed by atoms with Crippen molar-refractivity contribution in [3.8, 4) is 0 Å². The van der Waals surface area contributed by atoms with Crippen LogP contribution in [0.3, 0.4) is 0 Å². The molecule has 148 valence electrons. The van der Waals surface area contributed by atoms with Crippen LogP contribution in [0.1, 0.15) is 36.5 Å². The zero-order valence-corrected chi connectivity index (χ0v) is 16.6. The molecule has 0 bridgehead atoms. The summed E-state index contributed by atoms with van der Waals surface area (Å²) in [5, 5.41) is 8.66. The van der Waals surface area contributed by atoms with Crippen molar-refractivity contribution < 1.29 is 10.0 Å². The van der Waals surface area contributed by atoms with E-state index >= 15 is 0 Å². The van der Waals surface area contributed by atoms with E-state index in [9.17, 15) is 4.79 Å². The topological polar surface area (TPSA) is 55.8 Å². The van der Waals surface area contributed by atoms with Crippen molar-refractivity contribution in [3.63, 3.8) is 0 Å². The minimum Gasteiger partial charge on any atom is -0.368 e. The van der Waals surface area contributed by atoms with Crippen LogP contribution in [0.2, 0.25) is 0 Å². The summed E-state index contributed by atoms with van der Waals surface area (Å²) in [6.07, 6.45) is 3.08. The number of hydrogen-bond donors (Lipinski definition) is 2. The fourth-order valence-electron chi connectivity index (χ4n) is 3.53. The van der Waals surface area contributed by atoms with Crippen LogP contribution in [0.25, 0.3) is 6.08 Å². The summed E-state index contributed by atoms with van der Waals surface area (Å²) in [6.45, 7) is 9.31. The highest BCUT2D eigenvalue weighted by Gasteiger charge is 2.18. The molecule has 0 radical (unpaired) electrons. The van der Waals surface area contributed by atoms with Crippen LogP contribution in [0.4, 0.5) is 5.69 Å². The monoisotopic (exact) mass is 379 g/mol. The third kappa shape index (κ3) is 5.21. The van der Waals surface area contributed by atoms with Crippen LogP contribution in [0.5, 0.6) is 0 Å². The zero-order valence-electron chi connectivity index (χ0n) is 16.6. The predicted octanol–water partition coefficient (Wildman–Crippen LogP) is 3.65. The van der Waals surface area contributed by atoms with Crippen LogP contribution in [-0.4, -0.2) is 42.2 Å². The van der Waals surface area contributed by atoms with E-state index < -0.39 is 5.91 Å². The van der Waals surface area contributed by atoms with Crippen molar-refractivity contribution in [2.45, 2.75) is 26.3 Å². The lowest BCUT2D eigenvalue weighted by atomic mass is 10.0. The second kappa shape index (κ2) is 9.53. The molecule has 1 aliphatic heterocycles. The van der Waals surface area contributed by atoms with Gasteiger partial charge in [0.25, 0.3) is 5.91 Å². The van der Waals surface area contributed by atoms with Gasteiger partial charge < -0.3 is 4.90 Å². The van der Waals surface area contributed by atoms with Gasteiger partial charge in [-0.25, -0.2) is 5.48 Å². The number of para-hydroxylation sites is 1. The van der Waals surface area contributed by atoms with Gasteiger partial charge in [0.05, 0.1) is 0 Å². The van der Waals surface area contributed by atoms with E-state index in [0.717, 1.165) is 44.0 Å². The predicted molar refractivity (Wildman–Crippen MR) is 113 cm³/mol. The number of carbonyl (C=O) groups excluding carboxylic acids is 1. The highest BCUT2D eigenvalue weighted by atomic mass is 16.5. The number of nitrogens with zero attached hydrogens (tertiary/aromatic N) is 2. The molecule has 0 aromatic heterocycles. The van der Waals surface area contributed by atoms with Crippen molar-refractivity contribution >= 4 is 17.7 Å². The molecule has 5 heteroatoms. The summed E-state index contributed by atoms with van der Waals surface area (Å²) in [5.41, 5.74) is 6.46. The fourth-order valence-corrected chi connectivity index (χ4v) is 3.53. The van der Waals surface area contributed by atoms with Gasteiger partial charge in [-0.15, -0.1) is 0 Å². The summed E-state index contributed by atoms with van der Waals surface area (Å²) in [4.78, 5) is 16.1. The Kier molecular flexibility index (Phi) is 6.85. The van der Waals surface area contributed by atoms with Gasteiger partial charge in [0.15, 0.2) is 0 Å². The van der Waals surface area contributed by atoms with Crippen LogP contribution in [0.15, 0.2) is 54.6 Å². The van der Waals surface area contributed by atoms with E-state index in [1.807, 2.05) is 18.2 Å². The largest absolute Gasteiger partial charge is 0.368 e. The quantitative estimate of drug-likeness (QED) is 0.457. The molecule has 5 nitrogen and oxygen atoms in total. The van der Waals surface area contributed by atoms with Crippen LogP contribution in [-0.2, 0) is 11.3 Å². The number of hydrogen-bond acceptors (Lipinski definition) is 4. The van der Waals surface area contributed by atoms with E-state index in [1.165, 1.54) is 17.2 Å². The van der Waals surface area contributed by atoms with Crippen LogP contribution < -0.4 is 10.4 Å². The Bertz CT molecular complexity index is 807. The number of benzene rings is 2. The lowest BCUT2D eigenvalue weighted by molar-refractivity contribution is -0.124. The number of anilines is 1. The Labute approximate surface area is 167 Å². The molecular formula is C23H29N3O2. The molecule has 1 saturated heterocycles. The zero-order chi connectivity index (χ0) is 19.9. The smallest absolute Gasteiger partial charge is 0.267 e. The molecule has 1 amide bonds. The molecule has 1 aliphatic rings. The summed E-state index contributed by atoms with van der Waals surface area (Å²) in [6, 6.07) is 17.0. The maximum absolute atomic E-state index is 11.3. The molecule has 2 N–H and O–H groups in total. The molecule has 3 rings (SSSR count). The summed E-state index contributed by atoms with van der Waals surface area (Å²) >= 11 is 0. The standard InChI is InChI=1S/C23H29N3O2/c1-18(2)20-9-7-19(8-10-20)17-25-13-15-26(16-14-25)22-6-4-3-5-21(22)11-12-23(27)24-28/h3-12,18,28H,13-17H2,1-2H3,(H,24,27)/b12-11+. The Balaban J connectivity index is 1.60. The third-order valence-electron chi connectivity index (χ3n) is 5.23. The Morgan fingerprint density at radius 1 is 1.07 bits per heavy atom. The van der Waals surface area contributed by atoms with Gasteiger partial charge in [-0.3, -0.25) is 14.9 Å². The molecule has 0 aliphatic carbocycles. The van der Waals surface area contributed by atoms with Gasteiger partial charge in [-0.05, 0) is 34.8 Å². The van der Waals surface area contributed by atoms with Crippen molar-refractivity contribution in [3.05, 3.63) is 71.3 Å². The molecule has 0 saturated carbocycles. The number of carbonyl (C=O) groups is 1. The molecule has 2 aromatic carbocycles. The molecular weight excluding hydrogens is 350 g/mol. The van der Waals surface area contributed by atoms with Gasteiger partial charge in [0.2, 0.25) is 0 Å². The lowest BCUT2D eigenvalue weighted by Gasteiger charge is -2.36. The van der Waals surface area contributed by atoms with E-state index in [1.54, 1.807) is 11.6 Å². The van der Waals surface area contributed by atoms with Gasteiger partial charge in [0, 0.05) is 44.5 Å². The number of amides is 1. The summed E-state index contributed by atoms with van der Waals surface area (Å²) in [7, 11) is 0. The number of rotatable bonds is 6. The first-order chi connectivity index (χ1) is 13.6. The van der Waals surface area contributed by atoms with Crippen molar-refractivity contribution in [2.24, 2.45) is 0 Å². The second-order valence-corrected chi connectivity index (χ2v) is 7.53.